The summed E-state index contributed by atoms with van der Waals surface area (Å²) in [5, 5.41) is 1.28. The number of ether oxygens (including phenoxy) is 2. The van der Waals surface area contributed by atoms with Crippen molar-refractivity contribution in [2.45, 2.75) is 12.5 Å². The van der Waals surface area contributed by atoms with Gasteiger partial charge in [0.25, 0.3) is 5.91 Å². The Morgan fingerprint density at radius 3 is 2.43 bits per heavy atom. The van der Waals surface area contributed by atoms with Gasteiger partial charge >= 0.3 is 0 Å². The molecule has 1 unspecified atom stereocenters. The molecule has 0 fully saturated rings. The molecular formula is C28H23Cl2NO3S. The average Bonchev–Trinajstić information content (AvgIpc) is 3.38. The minimum absolute atomic E-state index is 0.0337. The van der Waals surface area contributed by atoms with Crippen LogP contribution in [0.15, 0.2) is 72.8 Å². The van der Waals surface area contributed by atoms with Gasteiger partial charge in [-0.1, -0.05) is 53.5 Å². The van der Waals surface area contributed by atoms with Gasteiger partial charge in [-0.3, -0.25) is 4.79 Å². The Morgan fingerprint density at radius 1 is 0.914 bits per heavy atom. The Morgan fingerprint density at radius 2 is 1.69 bits per heavy atom. The van der Waals surface area contributed by atoms with E-state index in [1.165, 1.54) is 11.3 Å². The second-order valence-corrected chi connectivity index (χ2v) is 10.2. The van der Waals surface area contributed by atoms with Gasteiger partial charge in [-0.25, -0.2) is 0 Å². The molecule has 0 aliphatic carbocycles. The number of methoxy groups -OCH3 is 2. The minimum atomic E-state index is -0.350. The highest BCUT2D eigenvalue weighted by molar-refractivity contribution is 7.17. The Bertz CT molecular complexity index is 1400. The molecule has 4 aromatic rings. The first kappa shape index (κ1) is 23.7. The van der Waals surface area contributed by atoms with Gasteiger partial charge in [-0.2, -0.15) is 0 Å². The predicted octanol–water partition coefficient (Wildman–Crippen LogP) is 7.53. The zero-order valence-corrected chi connectivity index (χ0v) is 21.6. The van der Waals surface area contributed by atoms with E-state index in [-0.39, 0.29) is 11.9 Å². The summed E-state index contributed by atoms with van der Waals surface area (Å²) in [6, 6.07) is 22.8. The van der Waals surface area contributed by atoms with Gasteiger partial charge in [0.2, 0.25) is 0 Å². The molecule has 0 N–H and O–H groups in total. The van der Waals surface area contributed by atoms with E-state index < -0.39 is 0 Å². The normalized spacial score (nSPS) is 15.0. The highest BCUT2D eigenvalue weighted by Crippen LogP contribution is 2.43. The molecule has 1 aromatic heterocycles. The van der Waals surface area contributed by atoms with Gasteiger partial charge in [-0.05, 0) is 71.1 Å². The Hall–Kier alpha value is -2.99. The lowest BCUT2D eigenvalue weighted by Gasteiger charge is -2.38. The number of rotatable bonds is 5. The lowest BCUT2D eigenvalue weighted by molar-refractivity contribution is 0.0699. The molecule has 0 saturated heterocycles. The van der Waals surface area contributed by atoms with E-state index in [1.54, 1.807) is 14.2 Å². The molecule has 1 amide bonds. The Kier molecular flexibility index (Phi) is 6.74. The van der Waals surface area contributed by atoms with E-state index >= 15 is 0 Å². The van der Waals surface area contributed by atoms with E-state index in [0.29, 0.717) is 39.4 Å². The maximum absolute atomic E-state index is 13.9. The van der Waals surface area contributed by atoms with E-state index in [1.807, 2.05) is 77.7 Å². The van der Waals surface area contributed by atoms with E-state index in [2.05, 4.69) is 0 Å². The van der Waals surface area contributed by atoms with Gasteiger partial charge < -0.3 is 14.4 Å². The maximum atomic E-state index is 13.9. The fourth-order valence-corrected chi connectivity index (χ4v) is 5.98. The number of hydrogen-bond acceptors (Lipinski definition) is 4. The molecule has 5 rings (SSSR count). The molecule has 0 spiro atoms. The summed E-state index contributed by atoms with van der Waals surface area (Å²) in [5.74, 6) is 1.26. The van der Waals surface area contributed by atoms with E-state index in [4.69, 9.17) is 32.7 Å². The Labute approximate surface area is 218 Å². The van der Waals surface area contributed by atoms with Gasteiger partial charge in [0.05, 0.1) is 25.1 Å². The summed E-state index contributed by atoms with van der Waals surface area (Å²) in [7, 11) is 3.24. The van der Waals surface area contributed by atoms with Gasteiger partial charge in [-0.15, -0.1) is 11.3 Å². The lowest BCUT2D eigenvalue weighted by atomic mass is 9.87. The lowest BCUT2D eigenvalue weighted by Crippen LogP contribution is -2.40. The van der Waals surface area contributed by atoms with Crippen molar-refractivity contribution in [2.75, 3.05) is 20.8 Å². The molecule has 2 heterocycles. The summed E-state index contributed by atoms with van der Waals surface area (Å²) in [6.45, 7) is 0.557. The van der Waals surface area contributed by atoms with Gasteiger partial charge in [0, 0.05) is 21.5 Å². The van der Waals surface area contributed by atoms with Crippen LogP contribution in [0.4, 0.5) is 0 Å². The quantitative estimate of drug-likeness (QED) is 0.271. The third-order valence-electron chi connectivity index (χ3n) is 6.26. The monoisotopic (exact) mass is 523 g/mol. The van der Waals surface area contributed by atoms with Crippen molar-refractivity contribution in [3.63, 3.8) is 0 Å². The van der Waals surface area contributed by atoms with Crippen molar-refractivity contribution in [1.29, 1.82) is 0 Å². The second kappa shape index (κ2) is 9.94. The van der Waals surface area contributed by atoms with Crippen molar-refractivity contribution in [3.8, 4) is 21.9 Å². The number of amides is 1. The first-order valence-electron chi connectivity index (χ1n) is 11.2. The molecule has 35 heavy (non-hydrogen) atoms. The largest absolute Gasteiger partial charge is 0.493 e. The number of carbonyl (C=O) groups excluding carboxylic acids is 1. The molecule has 0 radical (unpaired) electrons. The smallest absolute Gasteiger partial charge is 0.264 e. The highest BCUT2D eigenvalue weighted by Gasteiger charge is 2.35. The standard InChI is InChI=1S/C28H23Cl2NO3S/c1-33-23-15-17-12-13-31(27(21(17)16-24(23)34-2)20-8-3-4-9-22(20)30)28(32)26-11-10-25(35-26)18-6-5-7-19(29)14-18/h3-11,14-16,27H,12-13H2,1-2H3. The number of hydrogen-bond donors (Lipinski definition) is 0. The van der Waals surface area contributed by atoms with Gasteiger partial charge in [0.15, 0.2) is 11.5 Å². The Balaban J connectivity index is 1.58. The number of thiophene rings is 1. The fourth-order valence-electron chi connectivity index (χ4n) is 4.59. The SMILES string of the molecule is COc1cc2c(cc1OC)C(c1ccccc1Cl)N(C(=O)c1ccc(-c3cccc(Cl)c3)s1)CC2. The molecule has 4 nitrogen and oxygen atoms in total. The van der Waals surface area contributed by atoms with Crippen molar-refractivity contribution in [2.24, 2.45) is 0 Å². The van der Waals surface area contributed by atoms with Gasteiger partial charge in [0.1, 0.15) is 0 Å². The predicted molar refractivity (Wildman–Crippen MR) is 142 cm³/mol. The molecule has 7 heteroatoms. The topological polar surface area (TPSA) is 38.8 Å². The molecule has 178 valence electrons. The van der Waals surface area contributed by atoms with Crippen LogP contribution in [0.3, 0.4) is 0 Å². The third-order valence-corrected chi connectivity index (χ3v) is 7.96. The minimum Gasteiger partial charge on any atom is -0.493 e. The zero-order chi connectivity index (χ0) is 24.5. The van der Waals surface area contributed by atoms with Crippen LogP contribution < -0.4 is 9.47 Å². The number of fused-ring (bicyclic) bond motifs is 1. The molecule has 0 saturated carbocycles. The maximum Gasteiger partial charge on any atom is 0.264 e. The first-order valence-corrected chi connectivity index (χ1v) is 12.7. The van der Waals surface area contributed by atoms with Crippen LogP contribution in [0.2, 0.25) is 10.0 Å². The third kappa shape index (κ3) is 4.52. The summed E-state index contributed by atoms with van der Waals surface area (Å²) in [4.78, 5) is 17.5. The van der Waals surface area contributed by atoms with Crippen LogP contribution in [-0.2, 0) is 6.42 Å². The van der Waals surface area contributed by atoms with Crippen LogP contribution in [0, 0.1) is 0 Å². The summed E-state index contributed by atoms with van der Waals surface area (Å²) in [6.07, 6.45) is 0.703. The second-order valence-electron chi connectivity index (χ2n) is 8.25. The van der Waals surface area contributed by atoms with E-state index in [9.17, 15) is 4.79 Å². The van der Waals surface area contributed by atoms with Crippen LogP contribution in [0.1, 0.15) is 32.4 Å². The van der Waals surface area contributed by atoms with Crippen molar-refractivity contribution in [1.82, 2.24) is 4.90 Å². The number of nitrogens with zero attached hydrogens (tertiary/aromatic N) is 1. The average molecular weight is 524 g/mol. The molecule has 3 aromatic carbocycles. The summed E-state index contributed by atoms with van der Waals surface area (Å²) < 4.78 is 11.1. The van der Waals surface area contributed by atoms with Crippen LogP contribution >= 0.6 is 34.5 Å². The molecule has 1 aliphatic heterocycles. The first-order chi connectivity index (χ1) is 17.0. The fraction of sp³-hybridized carbons (Fsp3) is 0.179. The number of benzene rings is 3. The number of halogens is 2. The molecule has 1 aliphatic rings. The number of carbonyl (C=O) groups is 1. The molecule has 1 atom stereocenters. The zero-order valence-electron chi connectivity index (χ0n) is 19.3. The van der Waals surface area contributed by atoms with Crippen molar-refractivity contribution < 1.29 is 14.3 Å². The molecular weight excluding hydrogens is 501 g/mol. The summed E-state index contributed by atoms with van der Waals surface area (Å²) in [5.41, 5.74) is 3.97. The highest BCUT2D eigenvalue weighted by atomic mass is 35.5. The van der Waals surface area contributed by atoms with Crippen LogP contribution in [-0.4, -0.2) is 31.6 Å². The van der Waals surface area contributed by atoms with Crippen molar-refractivity contribution in [3.05, 3.63) is 104 Å². The van der Waals surface area contributed by atoms with Crippen LogP contribution in [0.25, 0.3) is 10.4 Å². The van der Waals surface area contributed by atoms with Crippen LogP contribution in [0.5, 0.6) is 11.5 Å². The molecule has 0 bridgehead atoms. The van der Waals surface area contributed by atoms with E-state index in [0.717, 1.165) is 27.1 Å². The summed E-state index contributed by atoms with van der Waals surface area (Å²) >= 11 is 14.3. The van der Waals surface area contributed by atoms with Crippen molar-refractivity contribution >= 4 is 40.4 Å².